The number of aromatic amines is 1. The average molecular weight is 222 g/mol. The molecule has 1 aliphatic heterocycles. The number of hydrogen-bond acceptors (Lipinski definition) is 2. The maximum Gasteiger partial charge on any atom is 0.169 e. The number of nitrogens with zero attached hydrogens (tertiary/aromatic N) is 2. The van der Waals surface area contributed by atoms with Crippen LogP contribution in [0.25, 0.3) is 0 Å². The highest BCUT2D eigenvalue weighted by molar-refractivity contribution is 7.80. The summed E-state index contributed by atoms with van der Waals surface area (Å²) >= 11 is 5.28. The molecule has 0 radical (unpaired) electrons. The smallest absolute Gasteiger partial charge is 0.169 e. The Morgan fingerprint density at radius 2 is 2.67 bits per heavy atom. The van der Waals surface area contributed by atoms with Gasteiger partial charge in [-0.2, -0.15) is 0 Å². The number of rotatable bonds is 2. The lowest BCUT2D eigenvalue weighted by atomic mass is 10.1. The van der Waals surface area contributed by atoms with E-state index in [1.165, 1.54) is 5.69 Å². The summed E-state index contributed by atoms with van der Waals surface area (Å²) in [6.07, 6.45) is 4.50. The first-order valence-electron chi connectivity index (χ1n) is 4.96. The Hall–Kier alpha value is -1.36. The molecule has 2 rings (SSSR count). The first kappa shape index (κ1) is 10.2. The number of hydrogen-bond donors (Lipinski definition) is 2. The van der Waals surface area contributed by atoms with Crippen LogP contribution in [0.5, 0.6) is 0 Å². The van der Waals surface area contributed by atoms with Crippen molar-refractivity contribution in [2.24, 2.45) is 0 Å². The molecule has 0 fully saturated rings. The highest BCUT2D eigenvalue weighted by atomic mass is 32.1. The van der Waals surface area contributed by atoms with Crippen LogP contribution in [0.1, 0.15) is 11.4 Å². The van der Waals surface area contributed by atoms with E-state index in [4.69, 9.17) is 12.2 Å². The lowest BCUT2D eigenvalue weighted by Gasteiger charge is -2.28. The van der Waals surface area contributed by atoms with Crippen molar-refractivity contribution in [3.63, 3.8) is 0 Å². The topological polar surface area (TPSA) is 44.0 Å². The zero-order valence-electron chi connectivity index (χ0n) is 8.49. The molecule has 4 nitrogen and oxygen atoms in total. The molecular weight excluding hydrogens is 208 g/mol. The maximum absolute atomic E-state index is 5.28. The van der Waals surface area contributed by atoms with Crippen LogP contribution in [0.4, 0.5) is 0 Å². The first-order chi connectivity index (χ1) is 7.31. The molecule has 0 spiro atoms. The van der Waals surface area contributed by atoms with Crippen LogP contribution in [0, 0.1) is 0 Å². The second kappa shape index (κ2) is 4.44. The molecule has 1 aromatic rings. The van der Waals surface area contributed by atoms with E-state index in [2.05, 4.69) is 26.8 Å². The predicted octanol–water partition coefficient (Wildman–Crippen LogP) is 0.828. The summed E-state index contributed by atoms with van der Waals surface area (Å²) in [6.45, 7) is 6.11. The highest BCUT2D eigenvalue weighted by Crippen LogP contribution is 2.14. The maximum atomic E-state index is 5.28. The Morgan fingerprint density at radius 1 is 1.80 bits per heavy atom. The van der Waals surface area contributed by atoms with Gasteiger partial charge in [-0.1, -0.05) is 6.08 Å². The Balaban J connectivity index is 1.97. The number of H-pyrrole nitrogens is 1. The summed E-state index contributed by atoms with van der Waals surface area (Å²) in [5.74, 6) is 0. The van der Waals surface area contributed by atoms with Crippen LogP contribution < -0.4 is 5.32 Å². The third-order valence-electron chi connectivity index (χ3n) is 2.46. The molecule has 0 bridgehead atoms. The Bertz CT molecular complexity index is 371. The molecule has 80 valence electrons. The summed E-state index contributed by atoms with van der Waals surface area (Å²) < 4.78 is 0. The number of fused-ring (bicyclic) bond motifs is 1. The number of nitrogens with one attached hydrogen (secondary N) is 2. The molecule has 0 saturated carbocycles. The van der Waals surface area contributed by atoms with Crippen LogP contribution in [0.15, 0.2) is 19.0 Å². The molecule has 2 heterocycles. The largest absolute Gasteiger partial charge is 0.359 e. The fraction of sp³-hybridized carbons (Fsp3) is 0.400. The van der Waals surface area contributed by atoms with Crippen LogP contribution in [-0.2, 0) is 13.0 Å². The normalized spacial score (nSPS) is 14.5. The molecule has 15 heavy (non-hydrogen) atoms. The van der Waals surface area contributed by atoms with Crippen molar-refractivity contribution in [2.75, 3.05) is 13.1 Å². The van der Waals surface area contributed by atoms with Crippen molar-refractivity contribution in [3.8, 4) is 0 Å². The van der Waals surface area contributed by atoms with Gasteiger partial charge in [-0.25, -0.2) is 4.98 Å². The molecule has 0 unspecified atom stereocenters. The molecule has 0 aliphatic carbocycles. The zero-order chi connectivity index (χ0) is 10.7. The van der Waals surface area contributed by atoms with E-state index in [0.717, 1.165) is 30.3 Å². The fourth-order valence-corrected chi connectivity index (χ4v) is 1.90. The van der Waals surface area contributed by atoms with Gasteiger partial charge >= 0.3 is 0 Å². The minimum Gasteiger partial charge on any atom is -0.359 e. The third-order valence-corrected chi connectivity index (χ3v) is 2.86. The van der Waals surface area contributed by atoms with Gasteiger partial charge in [-0.15, -0.1) is 6.58 Å². The molecule has 1 aromatic heterocycles. The lowest BCUT2D eigenvalue weighted by Crippen LogP contribution is -2.42. The van der Waals surface area contributed by atoms with E-state index in [0.29, 0.717) is 6.54 Å². The van der Waals surface area contributed by atoms with Gasteiger partial charge in [0.05, 0.1) is 24.3 Å². The minimum atomic E-state index is 0.713. The molecule has 5 heteroatoms. The van der Waals surface area contributed by atoms with Gasteiger partial charge in [0.25, 0.3) is 0 Å². The first-order valence-corrected chi connectivity index (χ1v) is 5.37. The molecule has 2 N–H and O–H groups in total. The molecular formula is C10H14N4S. The van der Waals surface area contributed by atoms with Gasteiger partial charge in [0.1, 0.15) is 0 Å². The molecule has 0 atom stereocenters. The second-order valence-corrected chi connectivity index (χ2v) is 3.86. The van der Waals surface area contributed by atoms with Crippen molar-refractivity contribution in [2.45, 2.75) is 13.0 Å². The van der Waals surface area contributed by atoms with E-state index in [-0.39, 0.29) is 0 Å². The second-order valence-electron chi connectivity index (χ2n) is 3.47. The van der Waals surface area contributed by atoms with Crippen molar-refractivity contribution in [3.05, 3.63) is 30.4 Å². The summed E-state index contributed by atoms with van der Waals surface area (Å²) in [5.41, 5.74) is 2.33. The standard InChI is InChI=1S/C10H14N4S/c1-2-4-11-10(15)14-5-3-8-9(6-14)13-7-12-8/h2,7H,1,3-6H2,(H,11,15)(H,12,13). The van der Waals surface area contributed by atoms with E-state index >= 15 is 0 Å². The SMILES string of the molecule is C=CCNC(=S)N1CCc2nc[nH]c2C1. The van der Waals surface area contributed by atoms with Gasteiger partial charge < -0.3 is 15.2 Å². The Labute approximate surface area is 94.4 Å². The molecule has 0 saturated heterocycles. The zero-order valence-corrected chi connectivity index (χ0v) is 9.31. The number of aromatic nitrogens is 2. The molecule has 0 amide bonds. The van der Waals surface area contributed by atoms with Crippen molar-refractivity contribution in [1.29, 1.82) is 0 Å². The fourth-order valence-electron chi connectivity index (χ4n) is 1.66. The van der Waals surface area contributed by atoms with Gasteiger partial charge in [0.15, 0.2) is 5.11 Å². The Kier molecular flexibility index (Phi) is 3.01. The monoisotopic (exact) mass is 222 g/mol. The number of imidazole rings is 1. The summed E-state index contributed by atoms with van der Waals surface area (Å²) in [6, 6.07) is 0. The van der Waals surface area contributed by atoms with E-state index < -0.39 is 0 Å². The number of thiocarbonyl (C=S) groups is 1. The van der Waals surface area contributed by atoms with E-state index in [1.807, 2.05) is 0 Å². The van der Waals surface area contributed by atoms with E-state index in [1.54, 1.807) is 12.4 Å². The Morgan fingerprint density at radius 3 is 3.47 bits per heavy atom. The van der Waals surface area contributed by atoms with Gasteiger partial charge in [0.2, 0.25) is 0 Å². The van der Waals surface area contributed by atoms with Crippen molar-refractivity contribution < 1.29 is 0 Å². The van der Waals surface area contributed by atoms with Gasteiger partial charge in [-0.3, -0.25) is 0 Å². The minimum absolute atomic E-state index is 0.713. The van der Waals surface area contributed by atoms with Crippen LogP contribution >= 0.6 is 12.2 Å². The lowest BCUT2D eigenvalue weighted by molar-refractivity contribution is 0.382. The molecule has 0 aromatic carbocycles. The van der Waals surface area contributed by atoms with E-state index in [9.17, 15) is 0 Å². The summed E-state index contributed by atoms with van der Waals surface area (Å²) in [7, 11) is 0. The summed E-state index contributed by atoms with van der Waals surface area (Å²) in [5, 5.41) is 3.92. The van der Waals surface area contributed by atoms with Crippen LogP contribution in [0.3, 0.4) is 0 Å². The summed E-state index contributed by atoms with van der Waals surface area (Å²) in [4.78, 5) is 9.53. The quantitative estimate of drug-likeness (QED) is 0.574. The van der Waals surface area contributed by atoms with Crippen molar-refractivity contribution in [1.82, 2.24) is 20.2 Å². The third kappa shape index (κ3) is 2.18. The molecule has 1 aliphatic rings. The predicted molar refractivity (Wildman–Crippen MR) is 63.5 cm³/mol. The van der Waals surface area contributed by atoms with Crippen LogP contribution in [-0.4, -0.2) is 33.1 Å². The highest BCUT2D eigenvalue weighted by Gasteiger charge is 2.19. The van der Waals surface area contributed by atoms with Gasteiger partial charge in [0, 0.05) is 19.5 Å². The van der Waals surface area contributed by atoms with Gasteiger partial charge in [-0.05, 0) is 12.2 Å². The van der Waals surface area contributed by atoms with Crippen LogP contribution in [0.2, 0.25) is 0 Å². The van der Waals surface area contributed by atoms with Crippen molar-refractivity contribution >= 4 is 17.3 Å². The average Bonchev–Trinajstić information content (AvgIpc) is 2.72.